The Bertz CT molecular complexity index is 1150. The second kappa shape index (κ2) is 9.59. The van der Waals surface area contributed by atoms with Gasteiger partial charge in [-0.1, -0.05) is 60.7 Å². The molecular formula is C28H28NO5-. The van der Waals surface area contributed by atoms with Crippen molar-refractivity contribution in [2.75, 3.05) is 6.61 Å². The van der Waals surface area contributed by atoms with Crippen molar-refractivity contribution in [2.45, 2.75) is 44.8 Å². The van der Waals surface area contributed by atoms with E-state index in [9.17, 15) is 14.7 Å². The Morgan fingerprint density at radius 3 is 2.15 bits per heavy atom. The lowest BCUT2D eigenvalue weighted by molar-refractivity contribution is -0.306. The molecule has 1 aliphatic rings. The number of hydrogen-bond donors (Lipinski definition) is 1. The number of amides is 1. The molecule has 34 heavy (non-hydrogen) atoms. The van der Waals surface area contributed by atoms with Gasteiger partial charge in [0.25, 0.3) is 0 Å². The lowest BCUT2D eigenvalue weighted by atomic mass is 9.98. The van der Waals surface area contributed by atoms with E-state index in [1.807, 2.05) is 57.2 Å². The van der Waals surface area contributed by atoms with Gasteiger partial charge >= 0.3 is 6.09 Å². The van der Waals surface area contributed by atoms with Crippen LogP contribution in [0.1, 0.15) is 55.8 Å². The van der Waals surface area contributed by atoms with Crippen LogP contribution in [0.3, 0.4) is 0 Å². The summed E-state index contributed by atoms with van der Waals surface area (Å²) in [5.41, 5.74) is 4.67. The largest absolute Gasteiger partial charge is 0.550 e. The molecule has 0 fully saturated rings. The Morgan fingerprint density at radius 1 is 0.941 bits per heavy atom. The third kappa shape index (κ3) is 5.39. The normalized spacial score (nSPS) is 13.5. The maximum atomic E-state index is 12.7. The van der Waals surface area contributed by atoms with Crippen LogP contribution in [0.5, 0.6) is 5.75 Å². The molecule has 1 amide bonds. The average molecular weight is 459 g/mol. The summed E-state index contributed by atoms with van der Waals surface area (Å²) in [7, 11) is 0. The summed E-state index contributed by atoms with van der Waals surface area (Å²) in [6, 6.07) is 22.4. The zero-order valence-electron chi connectivity index (χ0n) is 19.5. The summed E-state index contributed by atoms with van der Waals surface area (Å²) in [6.07, 6.45) is -1.07. The minimum absolute atomic E-state index is 0.0822. The standard InChI is InChI=1S/C28H29NO5/c1-28(2,3)34-19-10-8-9-18(15-19)25(16-26(30)31)29-27(32)33-17-24-22-13-6-4-11-20(22)21-12-5-7-14-23(21)24/h4-15,24-25H,16-17H2,1-3H3,(H,29,32)(H,30,31)/p-1/t25-/m0/s1. The van der Waals surface area contributed by atoms with Gasteiger partial charge in [0.15, 0.2) is 0 Å². The van der Waals surface area contributed by atoms with Gasteiger partial charge in [-0.3, -0.25) is 0 Å². The molecule has 4 rings (SSSR count). The molecule has 0 bridgehead atoms. The number of nitrogens with one attached hydrogen (secondary N) is 1. The lowest BCUT2D eigenvalue weighted by Crippen LogP contribution is -2.35. The number of benzene rings is 3. The second-order valence-electron chi connectivity index (χ2n) is 9.39. The molecule has 0 unspecified atom stereocenters. The molecule has 0 saturated heterocycles. The third-order valence-corrected chi connectivity index (χ3v) is 5.69. The van der Waals surface area contributed by atoms with E-state index < -0.39 is 23.7 Å². The van der Waals surface area contributed by atoms with Crippen LogP contribution >= 0.6 is 0 Å². The highest BCUT2D eigenvalue weighted by Crippen LogP contribution is 2.44. The van der Waals surface area contributed by atoms with Gasteiger partial charge in [0.2, 0.25) is 0 Å². The predicted molar refractivity (Wildman–Crippen MR) is 127 cm³/mol. The van der Waals surface area contributed by atoms with Crippen LogP contribution in [0.15, 0.2) is 72.8 Å². The molecule has 176 valence electrons. The van der Waals surface area contributed by atoms with Crippen LogP contribution in [0.4, 0.5) is 4.79 Å². The number of fused-ring (bicyclic) bond motifs is 3. The maximum absolute atomic E-state index is 12.7. The van der Waals surface area contributed by atoms with Gasteiger partial charge in [0, 0.05) is 18.3 Å². The summed E-state index contributed by atoms with van der Waals surface area (Å²) in [5.74, 6) is -0.768. The van der Waals surface area contributed by atoms with Gasteiger partial charge in [0.1, 0.15) is 18.0 Å². The fraction of sp³-hybridized carbons (Fsp3) is 0.286. The van der Waals surface area contributed by atoms with Gasteiger partial charge in [-0.15, -0.1) is 0 Å². The SMILES string of the molecule is CC(C)(C)Oc1cccc([C@H](CC(=O)[O-])NC(=O)OCC2c3ccccc3-c3ccccc32)c1. The van der Waals surface area contributed by atoms with E-state index in [-0.39, 0.29) is 18.9 Å². The molecule has 3 aromatic rings. The number of alkyl carbamates (subject to hydrolysis) is 1. The molecule has 1 atom stereocenters. The zero-order chi connectivity index (χ0) is 24.3. The third-order valence-electron chi connectivity index (χ3n) is 5.69. The van der Waals surface area contributed by atoms with Crippen molar-refractivity contribution in [2.24, 2.45) is 0 Å². The quantitative estimate of drug-likeness (QED) is 0.560. The van der Waals surface area contributed by atoms with E-state index in [1.54, 1.807) is 24.3 Å². The molecule has 0 radical (unpaired) electrons. The molecular weight excluding hydrogens is 430 g/mol. The molecule has 1 aliphatic carbocycles. The Kier molecular flexibility index (Phi) is 6.59. The van der Waals surface area contributed by atoms with Crippen molar-refractivity contribution >= 4 is 12.1 Å². The summed E-state index contributed by atoms with van der Waals surface area (Å²) >= 11 is 0. The van der Waals surface area contributed by atoms with E-state index in [0.717, 1.165) is 22.3 Å². The van der Waals surface area contributed by atoms with Crippen LogP contribution in [0.25, 0.3) is 11.1 Å². The second-order valence-corrected chi connectivity index (χ2v) is 9.39. The van der Waals surface area contributed by atoms with E-state index in [0.29, 0.717) is 11.3 Å². The van der Waals surface area contributed by atoms with Gasteiger partial charge in [-0.2, -0.15) is 0 Å². The summed E-state index contributed by atoms with van der Waals surface area (Å²) in [4.78, 5) is 24.1. The number of carboxylic acid groups (broad SMARTS) is 1. The smallest absolute Gasteiger partial charge is 0.407 e. The minimum Gasteiger partial charge on any atom is -0.550 e. The van der Waals surface area contributed by atoms with E-state index in [4.69, 9.17) is 9.47 Å². The first-order chi connectivity index (χ1) is 16.2. The van der Waals surface area contributed by atoms with Crippen molar-refractivity contribution in [1.29, 1.82) is 0 Å². The first-order valence-corrected chi connectivity index (χ1v) is 11.3. The molecule has 0 aromatic heterocycles. The number of carboxylic acids is 1. The van der Waals surface area contributed by atoms with Crippen LogP contribution in [-0.4, -0.2) is 24.3 Å². The van der Waals surface area contributed by atoms with Crippen LogP contribution < -0.4 is 15.2 Å². The highest BCUT2D eigenvalue weighted by molar-refractivity contribution is 5.79. The Hall–Kier alpha value is -3.80. The monoisotopic (exact) mass is 458 g/mol. The van der Waals surface area contributed by atoms with Gasteiger partial charge in [-0.05, 0) is 60.7 Å². The molecule has 0 saturated carbocycles. The van der Waals surface area contributed by atoms with Crippen molar-refractivity contribution in [1.82, 2.24) is 5.32 Å². The highest BCUT2D eigenvalue weighted by atomic mass is 16.5. The fourth-order valence-corrected chi connectivity index (χ4v) is 4.35. The Morgan fingerprint density at radius 2 is 1.56 bits per heavy atom. The topological polar surface area (TPSA) is 87.7 Å². The summed E-state index contributed by atoms with van der Waals surface area (Å²) in [6.45, 7) is 5.92. The number of carbonyl (C=O) groups excluding carboxylic acids is 2. The Balaban J connectivity index is 1.48. The molecule has 0 heterocycles. The van der Waals surface area contributed by atoms with E-state index in [1.165, 1.54) is 0 Å². The maximum Gasteiger partial charge on any atom is 0.407 e. The van der Waals surface area contributed by atoms with Gasteiger partial charge in [0.05, 0.1) is 6.04 Å². The Labute approximate surface area is 199 Å². The molecule has 1 N–H and O–H groups in total. The number of rotatable bonds is 7. The molecule has 3 aromatic carbocycles. The minimum atomic E-state index is -1.27. The van der Waals surface area contributed by atoms with E-state index >= 15 is 0 Å². The average Bonchev–Trinajstić information content (AvgIpc) is 3.10. The van der Waals surface area contributed by atoms with Crippen LogP contribution in [-0.2, 0) is 9.53 Å². The van der Waals surface area contributed by atoms with Crippen LogP contribution in [0, 0.1) is 0 Å². The molecule has 0 spiro atoms. The molecule has 6 heteroatoms. The molecule has 6 nitrogen and oxygen atoms in total. The number of carbonyl (C=O) groups is 2. The van der Waals surface area contributed by atoms with Crippen molar-refractivity contribution in [3.8, 4) is 16.9 Å². The zero-order valence-corrected chi connectivity index (χ0v) is 19.5. The van der Waals surface area contributed by atoms with Gasteiger partial charge in [-0.25, -0.2) is 4.79 Å². The number of ether oxygens (including phenoxy) is 2. The first kappa shape index (κ1) is 23.4. The highest BCUT2D eigenvalue weighted by Gasteiger charge is 2.29. The van der Waals surface area contributed by atoms with Crippen molar-refractivity contribution < 1.29 is 24.2 Å². The van der Waals surface area contributed by atoms with E-state index in [2.05, 4.69) is 17.4 Å². The number of aliphatic carboxylic acids is 1. The lowest BCUT2D eigenvalue weighted by Gasteiger charge is -2.24. The van der Waals surface area contributed by atoms with Crippen LogP contribution in [0.2, 0.25) is 0 Å². The van der Waals surface area contributed by atoms with Crippen molar-refractivity contribution in [3.63, 3.8) is 0 Å². The predicted octanol–water partition coefficient (Wildman–Crippen LogP) is 4.58. The van der Waals surface area contributed by atoms with Gasteiger partial charge < -0.3 is 24.7 Å². The van der Waals surface area contributed by atoms with Crippen molar-refractivity contribution in [3.05, 3.63) is 89.5 Å². The fourth-order valence-electron chi connectivity index (χ4n) is 4.35. The molecule has 0 aliphatic heterocycles. The summed E-state index contributed by atoms with van der Waals surface area (Å²) < 4.78 is 11.5. The summed E-state index contributed by atoms with van der Waals surface area (Å²) in [5, 5.41) is 14.1. The number of hydrogen-bond acceptors (Lipinski definition) is 5. The first-order valence-electron chi connectivity index (χ1n) is 11.3.